The van der Waals surface area contributed by atoms with Crippen molar-refractivity contribution >= 4 is 11.7 Å². The van der Waals surface area contributed by atoms with Gasteiger partial charge in [0.2, 0.25) is 0 Å². The lowest BCUT2D eigenvalue weighted by atomic mass is 9.92. The third-order valence-corrected chi connectivity index (χ3v) is 6.10. The van der Waals surface area contributed by atoms with Crippen LogP contribution in [-0.2, 0) is 6.42 Å². The summed E-state index contributed by atoms with van der Waals surface area (Å²) in [6, 6.07) is 17.8. The minimum Gasteiger partial charge on any atom is -0.493 e. The number of methoxy groups -OCH3 is 2. The molecule has 0 saturated carbocycles. The van der Waals surface area contributed by atoms with E-state index in [1.807, 2.05) is 43.3 Å². The number of nitrogens with one attached hydrogen (secondary N) is 1. The monoisotopic (exact) mass is 461 g/mol. The van der Waals surface area contributed by atoms with Gasteiger partial charge in [-0.3, -0.25) is 0 Å². The first-order valence-corrected chi connectivity index (χ1v) is 11.2. The molecule has 2 amide bonds. The fourth-order valence-corrected chi connectivity index (χ4v) is 4.21. The second-order valence-corrected chi connectivity index (χ2v) is 8.06. The number of rotatable bonds is 5. The maximum absolute atomic E-state index is 13.3. The summed E-state index contributed by atoms with van der Waals surface area (Å²) >= 11 is 0. The summed E-state index contributed by atoms with van der Waals surface area (Å²) in [7, 11) is 4.81. The van der Waals surface area contributed by atoms with Crippen molar-refractivity contribution in [1.29, 1.82) is 0 Å². The van der Waals surface area contributed by atoms with Gasteiger partial charge < -0.3 is 14.8 Å². The summed E-state index contributed by atoms with van der Waals surface area (Å²) in [6.45, 7) is 2.04. The van der Waals surface area contributed by atoms with E-state index in [0.29, 0.717) is 23.6 Å². The van der Waals surface area contributed by atoms with Crippen LogP contribution in [0.5, 0.6) is 11.5 Å². The molecule has 0 bridgehead atoms. The van der Waals surface area contributed by atoms with Crippen molar-refractivity contribution in [3.63, 3.8) is 0 Å². The van der Waals surface area contributed by atoms with Gasteiger partial charge in [0.05, 0.1) is 26.0 Å². The molecule has 4 rings (SSSR count). The van der Waals surface area contributed by atoms with E-state index in [-0.39, 0.29) is 17.9 Å². The Morgan fingerprint density at radius 3 is 2.12 bits per heavy atom. The average Bonchev–Trinajstić information content (AvgIpc) is 3.04. The highest BCUT2D eigenvalue weighted by Crippen LogP contribution is 2.35. The number of urea groups is 1. The average molecular weight is 462 g/mol. The first kappa shape index (κ1) is 23.3. The van der Waals surface area contributed by atoms with E-state index in [0.717, 1.165) is 34.2 Å². The van der Waals surface area contributed by atoms with Crippen LogP contribution >= 0.6 is 0 Å². The van der Waals surface area contributed by atoms with Gasteiger partial charge in [0.25, 0.3) is 0 Å². The molecule has 1 unspecified atom stereocenters. The number of amides is 2. The van der Waals surface area contributed by atoms with Crippen molar-refractivity contribution in [1.82, 2.24) is 10.3 Å². The van der Waals surface area contributed by atoms with E-state index in [9.17, 15) is 9.18 Å². The second kappa shape index (κ2) is 9.95. The molecular formula is C27H28FN3O3. The van der Waals surface area contributed by atoms with Crippen LogP contribution in [0.2, 0.25) is 0 Å². The molecule has 34 heavy (non-hydrogen) atoms. The standard InChI is InChI=1S/C27H28FN3O3/c1-5-22-14-20-15-24(33-3)25(34-4)16-23(20)26(30-31(22)27(32)29-2)19-8-6-17(7-9-19)18-10-12-21(28)13-11-18/h6-13,15-16,22H,5,14H2,1-4H3,(H,29,32). The van der Waals surface area contributed by atoms with Crippen molar-refractivity contribution in [2.45, 2.75) is 25.8 Å². The lowest BCUT2D eigenvalue weighted by molar-refractivity contribution is 0.177. The Hall–Kier alpha value is -3.87. The van der Waals surface area contributed by atoms with Crippen molar-refractivity contribution in [2.24, 2.45) is 5.10 Å². The minimum atomic E-state index is -0.270. The van der Waals surface area contributed by atoms with E-state index >= 15 is 0 Å². The van der Waals surface area contributed by atoms with Crippen LogP contribution in [0.4, 0.5) is 9.18 Å². The van der Waals surface area contributed by atoms with Crippen molar-refractivity contribution in [3.8, 4) is 22.6 Å². The molecule has 0 radical (unpaired) electrons. The zero-order chi connectivity index (χ0) is 24.2. The molecule has 3 aromatic rings. The first-order valence-electron chi connectivity index (χ1n) is 11.2. The summed E-state index contributed by atoms with van der Waals surface area (Å²) < 4.78 is 24.4. The van der Waals surface area contributed by atoms with Crippen LogP contribution in [0, 0.1) is 5.82 Å². The maximum Gasteiger partial charge on any atom is 0.337 e. The van der Waals surface area contributed by atoms with Gasteiger partial charge in [-0.05, 0) is 53.8 Å². The summed E-state index contributed by atoms with van der Waals surface area (Å²) in [5.74, 6) is 0.961. The number of hydrogen-bond donors (Lipinski definition) is 1. The zero-order valence-electron chi connectivity index (χ0n) is 19.8. The van der Waals surface area contributed by atoms with Crippen molar-refractivity contribution < 1.29 is 18.7 Å². The molecule has 0 aliphatic carbocycles. The number of hydrazone groups is 1. The van der Waals surface area contributed by atoms with Crippen LogP contribution in [-0.4, -0.2) is 44.1 Å². The zero-order valence-corrected chi connectivity index (χ0v) is 19.8. The third-order valence-electron chi connectivity index (χ3n) is 6.10. The largest absolute Gasteiger partial charge is 0.493 e. The highest BCUT2D eigenvalue weighted by Gasteiger charge is 2.29. The summed E-state index contributed by atoms with van der Waals surface area (Å²) in [6.07, 6.45) is 1.36. The smallest absolute Gasteiger partial charge is 0.337 e. The number of carbonyl (C=O) groups is 1. The molecule has 176 valence electrons. The molecule has 0 saturated heterocycles. The molecule has 3 aromatic carbocycles. The Morgan fingerprint density at radius 1 is 1.00 bits per heavy atom. The van der Waals surface area contributed by atoms with Gasteiger partial charge in [-0.25, -0.2) is 14.2 Å². The summed E-state index contributed by atoms with van der Waals surface area (Å²) in [4.78, 5) is 12.8. The number of hydrogen-bond acceptors (Lipinski definition) is 4. The Kier molecular flexibility index (Phi) is 6.82. The van der Waals surface area contributed by atoms with Gasteiger partial charge in [-0.2, -0.15) is 5.10 Å². The topological polar surface area (TPSA) is 63.2 Å². The Bertz CT molecular complexity index is 1210. The minimum absolute atomic E-state index is 0.118. The fourth-order valence-electron chi connectivity index (χ4n) is 4.21. The number of nitrogens with zero attached hydrogens (tertiary/aromatic N) is 2. The number of ether oxygens (including phenoxy) is 2. The Morgan fingerprint density at radius 2 is 1.56 bits per heavy atom. The number of carbonyl (C=O) groups excluding carboxylic acids is 1. The fraction of sp³-hybridized carbons (Fsp3) is 0.259. The highest BCUT2D eigenvalue weighted by atomic mass is 19.1. The quantitative estimate of drug-likeness (QED) is 0.565. The van der Waals surface area contributed by atoms with E-state index in [4.69, 9.17) is 14.6 Å². The molecule has 0 fully saturated rings. The number of halogens is 1. The van der Waals surface area contributed by atoms with E-state index < -0.39 is 0 Å². The molecular weight excluding hydrogens is 433 g/mol. The molecule has 6 nitrogen and oxygen atoms in total. The molecule has 1 atom stereocenters. The highest BCUT2D eigenvalue weighted by molar-refractivity contribution is 6.14. The van der Waals surface area contributed by atoms with Crippen molar-refractivity contribution in [3.05, 3.63) is 83.2 Å². The maximum atomic E-state index is 13.3. The van der Waals surface area contributed by atoms with Gasteiger partial charge in [0.15, 0.2) is 11.5 Å². The molecule has 1 N–H and O–H groups in total. The van der Waals surface area contributed by atoms with Gasteiger partial charge in [0.1, 0.15) is 5.82 Å². The molecule has 1 aliphatic heterocycles. The second-order valence-electron chi connectivity index (χ2n) is 8.06. The Balaban J connectivity index is 1.86. The first-order chi connectivity index (χ1) is 16.5. The normalized spacial score (nSPS) is 15.1. The summed E-state index contributed by atoms with van der Waals surface area (Å²) in [5.41, 5.74) is 5.31. The molecule has 1 aliphatic rings. The Labute approximate surface area is 199 Å². The van der Waals surface area contributed by atoms with Crippen LogP contribution in [0.1, 0.15) is 30.0 Å². The van der Waals surface area contributed by atoms with Crippen LogP contribution in [0.25, 0.3) is 11.1 Å². The van der Waals surface area contributed by atoms with Gasteiger partial charge in [-0.15, -0.1) is 0 Å². The van der Waals surface area contributed by atoms with Crippen LogP contribution < -0.4 is 14.8 Å². The van der Waals surface area contributed by atoms with Gasteiger partial charge in [-0.1, -0.05) is 43.3 Å². The predicted molar refractivity (Wildman–Crippen MR) is 131 cm³/mol. The molecule has 0 aromatic heterocycles. The predicted octanol–water partition coefficient (Wildman–Crippen LogP) is 5.24. The third kappa shape index (κ3) is 4.46. The van der Waals surface area contributed by atoms with Crippen LogP contribution in [0.15, 0.2) is 65.8 Å². The van der Waals surface area contributed by atoms with E-state index in [1.54, 1.807) is 33.4 Å². The number of benzene rings is 3. The van der Waals surface area contributed by atoms with E-state index in [2.05, 4.69) is 5.32 Å². The van der Waals surface area contributed by atoms with Gasteiger partial charge >= 0.3 is 6.03 Å². The van der Waals surface area contributed by atoms with Crippen molar-refractivity contribution in [2.75, 3.05) is 21.3 Å². The summed E-state index contributed by atoms with van der Waals surface area (Å²) in [5, 5.41) is 9.08. The van der Waals surface area contributed by atoms with Gasteiger partial charge in [0, 0.05) is 18.2 Å². The molecule has 1 heterocycles. The SMILES string of the molecule is CCC1Cc2cc(OC)c(OC)cc2C(c2ccc(-c3ccc(F)cc3)cc2)=NN1C(=O)NC. The number of fused-ring (bicyclic) bond motifs is 1. The lowest BCUT2D eigenvalue weighted by Gasteiger charge is -2.25. The molecule has 7 heteroatoms. The van der Waals surface area contributed by atoms with Crippen LogP contribution in [0.3, 0.4) is 0 Å². The molecule has 0 spiro atoms. The lowest BCUT2D eigenvalue weighted by Crippen LogP contribution is -2.42. The van der Waals surface area contributed by atoms with E-state index in [1.165, 1.54) is 17.1 Å².